The molecule has 0 radical (unpaired) electrons. The number of piperidine rings is 1. The second-order valence-electron chi connectivity index (χ2n) is 7.84. The average Bonchev–Trinajstić information content (AvgIpc) is 2.70. The second-order valence-corrected chi connectivity index (χ2v) is 7.84. The molecule has 0 atom stereocenters. The van der Waals surface area contributed by atoms with Crippen molar-refractivity contribution in [3.63, 3.8) is 0 Å². The predicted molar refractivity (Wildman–Crippen MR) is 104 cm³/mol. The SMILES string of the molecule is CN(Cc1ccc(F)cc1)C(=O)CN1CCC(CCN2CCOCC2)CC1. The third-order valence-electron chi connectivity index (χ3n) is 5.78. The van der Waals surface area contributed by atoms with Crippen LogP contribution in [0.4, 0.5) is 4.39 Å². The first-order valence-corrected chi connectivity index (χ1v) is 10.1. The predicted octanol–water partition coefficient (Wildman–Crippen LogP) is 2.22. The zero-order chi connectivity index (χ0) is 19.1. The highest BCUT2D eigenvalue weighted by Crippen LogP contribution is 2.21. The van der Waals surface area contributed by atoms with Crippen LogP contribution < -0.4 is 0 Å². The standard InChI is InChI=1S/C21H32FN3O2/c1-23(16-19-2-4-20(22)5-3-19)21(26)17-25-10-7-18(8-11-25)6-9-24-12-14-27-15-13-24/h2-5,18H,6-17H2,1H3. The number of halogens is 1. The molecule has 0 saturated carbocycles. The molecular weight excluding hydrogens is 345 g/mol. The Kier molecular flexibility index (Phi) is 7.61. The highest BCUT2D eigenvalue weighted by molar-refractivity contribution is 5.78. The number of carbonyl (C=O) groups excluding carboxylic acids is 1. The Hall–Kier alpha value is -1.50. The normalized spacial score (nSPS) is 19.9. The summed E-state index contributed by atoms with van der Waals surface area (Å²) < 4.78 is 18.4. The number of carbonyl (C=O) groups is 1. The first kappa shape index (κ1) is 20.2. The number of rotatable bonds is 7. The number of ether oxygens (including phenoxy) is 1. The summed E-state index contributed by atoms with van der Waals surface area (Å²) in [5.41, 5.74) is 0.953. The van der Waals surface area contributed by atoms with Gasteiger partial charge in [0.25, 0.3) is 0 Å². The number of amides is 1. The minimum absolute atomic E-state index is 0.131. The maximum atomic E-state index is 13.0. The van der Waals surface area contributed by atoms with Gasteiger partial charge >= 0.3 is 0 Å². The van der Waals surface area contributed by atoms with Gasteiger partial charge in [0.15, 0.2) is 0 Å². The van der Waals surface area contributed by atoms with E-state index in [9.17, 15) is 9.18 Å². The first-order chi connectivity index (χ1) is 13.1. The highest BCUT2D eigenvalue weighted by atomic mass is 19.1. The molecule has 1 aromatic carbocycles. The summed E-state index contributed by atoms with van der Waals surface area (Å²) in [7, 11) is 1.82. The fourth-order valence-corrected chi connectivity index (χ4v) is 3.89. The number of likely N-dealkylation sites (N-methyl/N-ethyl adjacent to an activating group) is 1. The second kappa shape index (κ2) is 10.2. The Labute approximate surface area is 162 Å². The van der Waals surface area contributed by atoms with Crippen LogP contribution in [0.5, 0.6) is 0 Å². The van der Waals surface area contributed by atoms with Crippen molar-refractivity contribution >= 4 is 5.91 Å². The van der Waals surface area contributed by atoms with Crippen molar-refractivity contribution in [3.05, 3.63) is 35.6 Å². The van der Waals surface area contributed by atoms with E-state index in [0.29, 0.717) is 13.1 Å². The van der Waals surface area contributed by atoms with Gasteiger partial charge in [-0.25, -0.2) is 4.39 Å². The maximum Gasteiger partial charge on any atom is 0.236 e. The molecule has 0 aromatic heterocycles. The maximum absolute atomic E-state index is 13.0. The molecule has 2 saturated heterocycles. The van der Waals surface area contributed by atoms with Crippen LogP contribution in [-0.4, -0.2) is 80.1 Å². The monoisotopic (exact) mass is 377 g/mol. The van der Waals surface area contributed by atoms with E-state index in [2.05, 4.69) is 9.80 Å². The van der Waals surface area contributed by atoms with E-state index in [1.165, 1.54) is 37.9 Å². The molecule has 0 unspecified atom stereocenters. The molecule has 150 valence electrons. The third-order valence-corrected chi connectivity index (χ3v) is 5.78. The molecule has 0 aliphatic carbocycles. The summed E-state index contributed by atoms with van der Waals surface area (Å²) in [6, 6.07) is 6.35. The molecule has 27 heavy (non-hydrogen) atoms. The molecule has 1 amide bonds. The summed E-state index contributed by atoms with van der Waals surface area (Å²) in [4.78, 5) is 19.0. The van der Waals surface area contributed by atoms with Crippen LogP contribution in [0, 0.1) is 11.7 Å². The van der Waals surface area contributed by atoms with Gasteiger partial charge in [-0.3, -0.25) is 14.6 Å². The van der Waals surface area contributed by atoms with Gasteiger partial charge in [-0.1, -0.05) is 12.1 Å². The van der Waals surface area contributed by atoms with Crippen LogP contribution in [0.2, 0.25) is 0 Å². The van der Waals surface area contributed by atoms with Crippen LogP contribution >= 0.6 is 0 Å². The number of likely N-dealkylation sites (tertiary alicyclic amines) is 1. The lowest BCUT2D eigenvalue weighted by Crippen LogP contribution is -2.42. The van der Waals surface area contributed by atoms with Gasteiger partial charge in [-0.15, -0.1) is 0 Å². The lowest BCUT2D eigenvalue weighted by Gasteiger charge is -2.34. The third kappa shape index (κ3) is 6.55. The molecule has 5 nitrogen and oxygen atoms in total. The van der Waals surface area contributed by atoms with E-state index < -0.39 is 0 Å². The van der Waals surface area contributed by atoms with Gasteiger partial charge in [0.2, 0.25) is 5.91 Å². The van der Waals surface area contributed by atoms with Crippen LogP contribution in [0.1, 0.15) is 24.8 Å². The molecule has 0 bridgehead atoms. The van der Waals surface area contributed by atoms with Crippen molar-refractivity contribution in [1.29, 1.82) is 0 Å². The Morgan fingerprint density at radius 3 is 2.44 bits per heavy atom. The van der Waals surface area contributed by atoms with Gasteiger partial charge in [0.1, 0.15) is 5.82 Å². The summed E-state index contributed by atoms with van der Waals surface area (Å²) in [5.74, 6) is 0.659. The highest BCUT2D eigenvalue weighted by Gasteiger charge is 2.23. The molecule has 2 heterocycles. The Balaban J connectivity index is 1.34. The zero-order valence-corrected chi connectivity index (χ0v) is 16.4. The average molecular weight is 378 g/mol. The lowest BCUT2D eigenvalue weighted by atomic mass is 9.93. The minimum Gasteiger partial charge on any atom is -0.379 e. The fourth-order valence-electron chi connectivity index (χ4n) is 3.89. The van der Waals surface area contributed by atoms with E-state index in [4.69, 9.17) is 4.74 Å². The van der Waals surface area contributed by atoms with Gasteiger partial charge < -0.3 is 9.64 Å². The Bertz CT molecular complexity index is 582. The van der Waals surface area contributed by atoms with E-state index in [-0.39, 0.29) is 11.7 Å². The van der Waals surface area contributed by atoms with Crippen molar-refractivity contribution in [1.82, 2.24) is 14.7 Å². The van der Waals surface area contributed by atoms with Crippen molar-refractivity contribution in [2.45, 2.75) is 25.8 Å². The molecule has 1 aromatic rings. The van der Waals surface area contributed by atoms with E-state index in [1.807, 2.05) is 7.05 Å². The summed E-state index contributed by atoms with van der Waals surface area (Å²) in [6.07, 6.45) is 3.62. The quantitative estimate of drug-likeness (QED) is 0.730. The lowest BCUT2D eigenvalue weighted by molar-refractivity contribution is -0.132. The van der Waals surface area contributed by atoms with Crippen molar-refractivity contribution in [2.75, 3.05) is 59.5 Å². The van der Waals surface area contributed by atoms with Crippen LogP contribution in [0.15, 0.2) is 24.3 Å². The van der Waals surface area contributed by atoms with E-state index >= 15 is 0 Å². The number of hydrogen-bond acceptors (Lipinski definition) is 4. The van der Waals surface area contributed by atoms with Gasteiger partial charge in [0.05, 0.1) is 19.8 Å². The Morgan fingerprint density at radius 1 is 1.11 bits per heavy atom. The van der Waals surface area contributed by atoms with Crippen molar-refractivity contribution < 1.29 is 13.9 Å². The molecule has 2 aliphatic heterocycles. The van der Waals surface area contributed by atoms with Gasteiger partial charge in [0, 0.05) is 26.7 Å². The van der Waals surface area contributed by atoms with Crippen LogP contribution in [0.3, 0.4) is 0 Å². The van der Waals surface area contributed by atoms with Crippen LogP contribution in [0.25, 0.3) is 0 Å². The number of nitrogens with zero attached hydrogens (tertiary/aromatic N) is 3. The summed E-state index contributed by atoms with van der Waals surface area (Å²) in [5, 5.41) is 0. The molecular formula is C21H32FN3O2. The zero-order valence-electron chi connectivity index (χ0n) is 16.4. The number of morpholine rings is 1. The molecule has 6 heteroatoms. The van der Waals surface area contributed by atoms with Crippen molar-refractivity contribution in [2.24, 2.45) is 5.92 Å². The molecule has 0 spiro atoms. The van der Waals surface area contributed by atoms with Crippen molar-refractivity contribution in [3.8, 4) is 0 Å². The first-order valence-electron chi connectivity index (χ1n) is 10.1. The number of hydrogen-bond donors (Lipinski definition) is 0. The van der Waals surface area contributed by atoms with Crippen LogP contribution in [-0.2, 0) is 16.1 Å². The van der Waals surface area contributed by atoms with E-state index in [0.717, 1.165) is 50.9 Å². The molecule has 3 rings (SSSR count). The molecule has 2 aliphatic rings. The summed E-state index contributed by atoms with van der Waals surface area (Å²) >= 11 is 0. The number of benzene rings is 1. The molecule has 2 fully saturated rings. The van der Waals surface area contributed by atoms with E-state index in [1.54, 1.807) is 17.0 Å². The largest absolute Gasteiger partial charge is 0.379 e. The minimum atomic E-state index is -0.246. The summed E-state index contributed by atoms with van der Waals surface area (Å²) in [6.45, 7) is 8.05. The van der Waals surface area contributed by atoms with Gasteiger partial charge in [-0.05, 0) is 62.5 Å². The fraction of sp³-hybridized carbons (Fsp3) is 0.667. The Morgan fingerprint density at radius 2 is 1.78 bits per heavy atom. The molecule has 0 N–H and O–H groups in total. The topological polar surface area (TPSA) is 36.0 Å². The smallest absolute Gasteiger partial charge is 0.236 e. The van der Waals surface area contributed by atoms with Gasteiger partial charge in [-0.2, -0.15) is 0 Å².